The van der Waals surface area contributed by atoms with Crippen LogP contribution in [0.1, 0.15) is 76.2 Å². The van der Waals surface area contributed by atoms with Crippen LogP contribution in [0.25, 0.3) is 0 Å². The number of rotatable bonds is 5. The maximum absolute atomic E-state index is 12.6. The fourth-order valence-electron chi connectivity index (χ4n) is 5.00. The number of hydrogen-bond acceptors (Lipinski definition) is 2. The fourth-order valence-corrected chi connectivity index (χ4v) is 5.00. The molecule has 1 aromatic carbocycles. The average molecular weight is 328 g/mol. The maximum atomic E-state index is 12.6. The third-order valence-electron chi connectivity index (χ3n) is 6.41. The van der Waals surface area contributed by atoms with Gasteiger partial charge in [-0.15, -0.1) is 0 Å². The van der Waals surface area contributed by atoms with Crippen LogP contribution in [-0.2, 0) is 4.79 Å². The van der Waals surface area contributed by atoms with E-state index in [0.717, 1.165) is 18.6 Å². The van der Waals surface area contributed by atoms with Gasteiger partial charge in [-0.05, 0) is 74.0 Å². The lowest BCUT2D eigenvalue weighted by atomic mass is 9.67. The van der Waals surface area contributed by atoms with Gasteiger partial charge in [0.15, 0.2) is 0 Å². The molecule has 0 radical (unpaired) electrons. The van der Waals surface area contributed by atoms with Gasteiger partial charge in [-0.3, -0.25) is 4.79 Å². The van der Waals surface area contributed by atoms with E-state index >= 15 is 0 Å². The minimum Gasteiger partial charge on any atom is -0.497 e. The summed E-state index contributed by atoms with van der Waals surface area (Å²) in [6.45, 7) is 2.23. The zero-order valence-electron chi connectivity index (χ0n) is 15.3. The molecule has 0 aromatic heterocycles. The number of ether oxygens (including phenoxy) is 1. The summed E-state index contributed by atoms with van der Waals surface area (Å²) in [6, 6.07) is 8.57. The first-order valence-corrected chi connectivity index (χ1v) is 9.88. The number of Topliss-reactive ketones (excluding diaryl/α,β-unsaturated/α-hetero) is 1. The Bertz CT molecular complexity index is 525. The zero-order valence-corrected chi connectivity index (χ0v) is 15.3. The molecule has 2 heteroatoms. The summed E-state index contributed by atoms with van der Waals surface area (Å²) < 4.78 is 5.25. The van der Waals surface area contributed by atoms with E-state index in [1.54, 1.807) is 7.11 Å². The first-order valence-electron chi connectivity index (χ1n) is 9.88. The summed E-state index contributed by atoms with van der Waals surface area (Å²) in [5, 5.41) is 0. The van der Waals surface area contributed by atoms with Crippen molar-refractivity contribution in [2.75, 3.05) is 7.11 Å². The van der Waals surface area contributed by atoms with Crippen molar-refractivity contribution in [2.24, 2.45) is 17.8 Å². The van der Waals surface area contributed by atoms with Crippen LogP contribution in [0.3, 0.4) is 0 Å². The molecule has 2 aliphatic rings. The van der Waals surface area contributed by atoms with Crippen molar-refractivity contribution in [1.29, 1.82) is 0 Å². The highest BCUT2D eigenvalue weighted by Crippen LogP contribution is 2.43. The van der Waals surface area contributed by atoms with Gasteiger partial charge in [0.2, 0.25) is 0 Å². The minimum atomic E-state index is 0.370. The van der Waals surface area contributed by atoms with Crippen molar-refractivity contribution >= 4 is 5.78 Å². The van der Waals surface area contributed by atoms with E-state index in [2.05, 4.69) is 31.2 Å². The second kappa shape index (κ2) is 8.18. The number of hydrogen-bond donors (Lipinski definition) is 0. The molecule has 2 nitrogen and oxygen atoms in total. The normalized spacial score (nSPS) is 31.0. The lowest BCUT2D eigenvalue weighted by Crippen LogP contribution is -2.32. The van der Waals surface area contributed by atoms with Gasteiger partial charge < -0.3 is 4.74 Å². The van der Waals surface area contributed by atoms with Crippen molar-refractivity contribution in [2.45, 2.75) is 70.6 Å². The molecule has 2 aliphatic carbocycles. The Morgan fingerprint density at radius 2 is 1.71 bits per heavy atom. The lowest BCUT2D eigenvalue weighted by molar-refractivity contribution is -0.128. The Labute approximate surface area is 147 Å². The smallest absolute Gasteiger partial charge is 0.136 e. The van der Waals surface area contributed by atoms with Crippen molar-refractivity contribution in [3.8, 4) is 5.75 Å². The lowest BCUT2D eigenvalue weighted by Gasteiger charge is -2.37. The number of methoxy groups -OCH3 is 1. The summed E-state index contributed by atoms with van der Waals surface area (Å²) in [5.74, 6) is 3.87. The van der Waals surface area contributed by atoms with Crippen LogP contribution < -0.4 is 4.74 Å². The largest absolute Gasteiger partial charge is 0.497 e. The van der Waals surface area contributed by atoms with Crippen LogP contribution in [0.2, 0.25) is 0 Å². The van der Waals surface area contributed by atoms with Crippen molar-refractivity contribution < 1.29 is 9.53 Å². The van der Waals surface area contributed by atoms with Gasteiger partial charge in [0.25, 0.3) is 0 Å². The first kappa shape index (κ1) is 17.5. The van der Waals surface area contributed by atoms with Crippen LogP contribution in [-0.4, -0.2) is 12.9 Å². The summed E-state index contributed by atoms with van der Waals surface area (Å²) in [4.78, 5) is 12.6. The Balaban J connectivity index is 1.52. The van der Waals surface area contributed by atoms with Gasteiger partial charge in [-0.1, -0.05) is 31.9 Å². The molecule has 0 N–H and O–H groups in total. The molecule has 0 amide bonds. The van der Waals surface area contributed by atoms with E-state index in [0.29, 0.717) is 29.5 Å². The second-order valence-corrected chi connectivity index (χ2v) is 7.89. The predicted molar refractivity (Wildman–Crippen MR) is 98.4 cm³/mol. The molecular formula is C22H32O2. The van der Waals surface area contributed by atoms with Crippen LogP contribution in [0.15, 0.2) is 24.3 Å². The highest BCUT2D eigenvalue weighted by Gasteiger charge is 2.35. The van der Waals surface area contributed by atoms with Crippen LogP contribution in [0.4, 0.5) is 0 Å². The molecule has 0 heterocycles. The average Bonchev–Trinajstić information content (AvgIpc) is 2.62. The SMILES string of the molecule is CCC[C@@H]1CC[C@H](C2CCC(c3ccc(OC)cc3)CC2)C(=O)C1. The van der Waals surface area contributed by atoms with Gasteiger partial charge in [0, 0.05) is 12.3 Å². The zero-order chi connectivity index (χ0) is 16.9. The quantitative estimate of drug-likeness (QED) is 0.687. The highest BCUT2D eigenvalue weighted by molar-refractivity contribution is 5.82. The maximum Gasteiger partial charge on any atom is 0.136 e. The summed E-state index contributed by atoms with van der Waals surface area (Å²) in [6.07, 6.45) is 10.7. The van der Waals surface area contributed by atoms with Gasteiger partial charge in [0.1, 0.15) is 11.5 Å². The topological polar surface area (TPSA) is 26.3 Å². The molecule has 2 fully saturated rings. The van der Waals surface area contributed by atoms with E-state index in [4.69, 9.17) is 4.74 Å². The third-order valence-corrected chi connectivity index (χ3v) is 6.41. The molecule has 2 atom stereocenters. The second-order valence-electron chi connectivity index (χ2n) is 7.89. The molecule has 2 saturated carbocycles. The minimum absolute atomic E-state index is 0.370. The van der Waals surface area contributed by atoms with E-state index in [-0.39, 0.29) is 0 Å². The summed E-state index contributed by atoms with van der Waals surface area (Å²) >= 11 is 0. The molecule has 0 unspecified atom stereocenters. The molecule has 0 saturated heterocycles. The van der Waals surface area contributed by atoms with Gasteiger partial charge >= 0.3 is 0 Å². The fraction of sp³-hybridized carbons (Fsp3) is 0.682. The molecule has 0 bridgehead atoms. The van der Waals surface area contributed by atoms with Crippen LogP contribution in [0, 0.1) is 17.8 Å². The molecule has 3 rings (SSSR count). The van der Waals surface area contributed by atoms with Crippen LogP contribution in [0.5, 0.6) is 5.75 Å². The Kier molecular flexibility index (Phi) is 5.97. The van der Waals surface area contributed by atoms with E-state index in [1.807, 2.05) is 0 Å². The van der Waals surface area contributed by atoms with Gasteiger partial charge in [0.05, 0.1) is 7.11 Å². The van der Waals surface area contributed by atoms with E-state index in [9.17, 15) is 4.79 Å². The monoisotopic (exact) mass is 328 g/mol. The highest BCUT2D eigenvalue weighted by atomic mass is 16.5. The standard InChI is InChI=1S/C22H32O2/c1-3-4-16-5-14-21(22(23)15-16)19-8-6-17(7-9-19)18-10-12-20(24-2)13-11-18/h10-13,16-17,19,21H,3-9,14-15H2,1-2H3/t16-,17?,19?,21-/m1/s1. The molecule has 0 spiro atoms. The number of carbonyl (C=O) groups is 1. The molecule has 132 valence electrons. The molecule has 1 aromatic rings. The number of benzene rings is 1. The summed E-state index contributed by atoms with van der Waals surface area (Å²) in [5.41, 5.74) is 1.44. The third kappa shape index (κ3) is 4.02. The van der Waals surface area contributed by atoms with Gasteiger partial charge in [-0.2, -0.15) is 0 Å². The Morgan fingerprint density at radius 3 is 2.29 bits per heavy atom. The predicted octanol–water partition coefficient (Wildman–Crippen LogP) is 5.75. The Morgan fingerprint density at radius 1 is 1.00 bits per heavy atom. The van der Waals surface area contributed by atoms with Crippen LogP contribution >= 0.6 is 0 Å². The Hall–Kier alpha value is -1.31. The number of carbonyl (C=O) groups excluding carboxylic acids is 1. The van der Waals surface area contributed by atoms with E-state index in [1.165, 1.54) is 50.5 Å². The molecule has 0 aliphatic heterocycles. The number of ketones is 1. The summed E-state index contributed by atoms with van der Waals surface area (Å²) in [7, 11) is 1.71. The first-order chi connectivity index (χ1) is 11.7. The van der Waals surface area contributed by atoms with Crippen molar-refractivity contribution in [3.05, 3.63) is 29.8 Å². The van der Waals surface area contributed by atoms with Crippen molar-refractivity contribution in [1.82, 2.24) is 0 Å². The van der Waals surface area contributed by atoms with Crippen molar-refractivity contribution in [3.63, 3.8) is 0 Å². The molecule has 24 heavy (non-hydrogen) atoms. The van der Waals surface area contributed by atoms with E-state index < -0.39 is 0 Å². The van der Waals surface area contributed by atoms with Gasteiger partial charge in [-0.25, -0.2) is 0 Å². The molecular weight excluding hydrogens is 296 g/mol.